The van der Waals surface area contributed by atoms with Gasteiger partial charge < -0.3 is 0 Å². The molecular formula is C10H17N3O2S. The molecule has 0 unspecified atom stereocenters. The summed E-state index contributed by atoms with van der Waals surface area (Å²) in [5.74, 6) is 0.491. The normalized spacial score (nSPS) is 18.6. The third-order valence-electron chi connectivity index (χ3n) is 3.06. The summed E-state index contributed by atoms with van der Waals surface area (Å²) in [6.45, 7) is 1.82. The summed E-state index contributed by atoms with van der Waals surface area (Å²) >= 11 is 0. The van der Waals surface area contributed by atoms with Gasteiger partial charge in [0, 0.05) is 5.56 Å². The number of aromatic amines is 1. The van der Waals surface area contributed by atoms with Crippen LogP contribution in [0, 0.1) is 6.92 Å². The van der Waals surface area contributed by atoms with E-state index in [0.29, 0.717) is 5.82 Å². The Bertz CT molecular complexity index is 446. The van der Waals surface area contributed by atoms with E-state index in [0.717, 1.165) is 37.7 Å². The molecule has 2 rings (SSSR count). The predicted octanol–water partition coefficient (Wildman–Crippen LogP) is 1.79. The third-order valence-corrected chi connectivity index (χ3v) is 4.90. The van der Waals surface area contributed by atoms with Crippen molar-refractivity contribution in [2.24, 2.45) is 0 Å². The maximum absolute atomic E-state index is 12.0. The number of sulfonamides is 1. The number of H-pyrrole nitrogens is 1. The van der Waals surface area contributed by atoms with Crippen LogP contribution < -0.4 is 4.72 Å². The second kappa shape index (κ2) is 4.45. The minimum absolute atomic E-state index is 0.246. The molecule has 0 spiro atoms. The summed E-state index contributed by atoms with van der Waals surface area (Å²) in [5.41, 5.74) is 0.819. The van der Waals surface area contributed by atoms with Crippen molar-refractivity contribution in [1.82, 2.24) is 10.2 Å². The van der Waals surface area contributed by atoms with Crippen molar-refractivity contribution in [1.29, 1.82) is 0 Å². The summed E-state index contributed by atoms with van der Waals surface area (Å²) < 4.78 is 26.7. The summed E-state index contributed by atoms with van der Waals surface area (Å²) in [5, 5.41) is 6.21. The van der Waals surface area contributed by atoms with Crippen molar-refractivity contribution >= 4 is 15.8 Å². The lowest BCUT2D eigenvalue weighted by atomic mass is 10.0. The molecule has 1 fully saturated rings. The summed E-state index contributed by atoms with van der Waals surface area (Å²) in [6, 6.07) is 0. The Balaban J connectivity index is 2.10. The number of hydrogen-bond acceptors (Lipinski definition) is 3. The average molecular weight is 243 g/mol. The Labute approximate surface area is 95.7 Å². The van der Waals surface area contributed by atoms with Crippen LogP contribution in [0.4, 0.5) is 5.82 Å². The monoisotopic (exact) mass is 243 g/mol. The van der Waals surface area contributed by atoms with Crippen molar-refractivity contribution < 1.29 is 8.42 Å². The van der Waals surface area contributed by atoms with Crippen molar-refractivity contribution in [3.8, 4) is 0 Å². The highest BCUT2D eigenvalue weighted by Gasteiger charge is 2.27. The predicted molar refractivity (Wildman–Crippen MR) is 62.7 cm³/mol. The molecule has 1 heterocycles. The zero-order valence-electron chi connectivity index (χ0n) is 9.36. The van der Waals surface area contributed by atoms with Gasteiger partial charge in [0.25, 0.3) is 0 Å². The number of hydrogen-bond donors (Lipinski definition) is 2. The van der Waals surface area contributed by atoms with Crippen molar-refractivity contribution in [2.45, 2.75) is 44.3 Å². The van der Waals surface area contributed by atoms with Gasteiger partial charge in [0.1, 0.15) is 5.82 Å². The summed E-state index contributed by atoms with van der Waals surface area (Å²) in [7, 11) is -3.25. The molecule has 16 heavy (non-hydrogen) atoms. The van der Waals surface area contributed by atoms with E-state index in [2.05, 4.69) is 14.9 Å². The fourth-order valence-corrected chi connectivity index (χ4v) is 3.66. The second-order valence-corrected chi connectivity index (χ2v) is 6.30. The Kier molecular flexibility index (Phi) is 3.18. The zero-order chi connectivity index (χ0) is 11.6. The maximum Gasteiger partial charge on any atom is 0.236 e. The Hall–Kier alpha value is -1.04. The Morgan fingerprint density at radius 1 is 1.38 bits per heavy atom. The highest BCUT2D eigenvalue weighted by Crippen LogP contribution is 2.25. The first-order valence-corrected chi connectivity index (χ1v) is 7.16. The molecule has 0 atom stereocenters. The van der Waals surface area contributed by atoms with Gasteiger partial charge in [0.15, 0.2) is 0 Å². The van der Waals surface area contributed by atoms with E-state index in [1.165, 1.54) is 0 Å². The van der Waals surface area contributed by atoms with Gasteiger partial charge in [0.2, 0.25) is 10.0 Å². The molecule has 2 N–H and O–H groups in total. The van der Waals surface area contributed by atoms with Gasteiger partial charge in [-0.05, 0) is 19.8 Å². The molecule has 1 aliphatic rings. The second-order valence-electron chi connectivity index (χ2n) is 4.34. The first-order chi connectivity index (χ1) is 7.59. The first kappa shape index (κ1) is 11.4. The quantitative estimate of drug-likeness (QED) is 0.850. The molecule has 0 saturated heterocycles. The Morgan fingerprint density at radius 3 is 2.62 bits per heavy atom. The van der Waals surface area contributed by atoms with Gasteiger partial charge >= 0.3 is 0 Å². The van der Waals surface area contributed by atoms with E-state index in [1.54, 1.807) is 6.20 Å². The number of aromatic nitrogens is 2. The topological polar surface area (TPSA) is 74.8 Å². The van der Waals surface area contributed by atoms with E-state index in [-0.39, 0.29) is 5.25 Å². The first-order valence-electron chi connectivity index (χ1n) is 5.61. The van der Waals surface area contributed by atoms with Gasteiger partial charge in [-0.3, -0.25) is 9.82 Å². The maximum atomic E-state index is 12.0. The highest BCUT2D eigenvalue weighted by molar-refractivity contribution is 7.93. The van der Waals surface area contributed by atoms with Crippen LogP contribution in [0.3, 0.4) is 0 Å². The van der Waals surface area contributed by atoms with E-state index in [9.17, 15) is 8.42 Å². The van der Waals surface area contributed by atoms with Gasteiger partial charge in [-0.1, -0.05) is 19.3 Å². The lowest BCUT2D eigenvalue weighted by Crippen LogP contribution is -2.30. The van der Waals surface area contributed by atoms with Crippen LogP contribution in [0.15, 0.2) is 6.20 Å². The molecule has 0 bridgehead atoms. The van der Waals surface area contributed by atoms with E-state index in [1.807, 2.05) is 6.92 Å². The molecule has 90 valence electrons. The van der Waals surface area contributed by atoms with Crippen molar-refractivity contribution in [2.75, 3.05) is 4.72 Å². The lowest BCUT2D eigenvalue weighted by molar-refractivity contribution is 0.486. The van der Waals surface area contributed by atoms with E-state index in [4.69, 9.17) is 0 Å². The van der Waals surface area contributed by atoms with Gasteiger partial charge in [-0.25, -0.2) is 8.42 Å². The SMILES string of the molecule is Cc1cn[nH]c1NS(=O)(=O)C1CCCCC1. The van der Waals surface area contributed by atoms with Crippen LogP contribution in [0.5, 0.6) is 0 Å². The Morgan fingerprint density at radius 2 is 2.06 bits per heavy atom. The molecule has 1 saturated carbocycles. The van der Waals surface area contributed by atoms with Crippen LogP contribution >= 0.6 is 0 Å². The molecule has 5 nitrogen and oxygen atoms in total. The number of nitrogens with zero attached hydrogens (tertiary/aromatic N) is 1. The largest absolute Gasteiger partial charge is 0.267 e. The van der Waals surface area contributed by atoms with E-state index < -0.39 is 10.0 Å². The van der Waals surface area contributed by atoms with Crippen LogP contribution in [0.25, 0.3) is 0 Å². The fraction of sp³-hybridized carbons (Fsp3) is 0.700. The molecule has 0 amide bonds. The fourth-order valence-electron chi connectivity index (χ4n) is 2.05. The number of rotatable bonds is 3. The van der Waals surface area contributed by atoms with Crippen LogP contribution in [-0.4, -0.2) is 23.9 Å². The average Bonchev–Trinajstić information content (AvgIpc) is 2.65. The van der Waals surface area contributed by atoms with Gasteiger partial charge in [0.05, 0.1) is 11.4 Å². The molecule has 1 aromatic heterocycles. The van der Waals surface area contributed by atoms with Gasteiger partial charge in [-0.15, -0.1) is 0 Å². The molecule has 0 aromatic carbocycles. The standard InChI is InChI=1S/C10H17N3O2S/c1-8-7-11-12-10(8)13-16(14,15)9-5-3-2-4-6-9/h7,9H,2-6H2,1H3,(H2,11,12,13). The number of nitrogens with one attached hydrogen (secondary N) is 2. The summed E-state index contributed by atoms with van der Waals surface area (Å²) in [4.78, 5) is 0. The molecule has 0 aliphatic heterocycles. The molecule has 0 radical (unpaired) electrons. The van der Waals surface area contributed by atoms with Crippen LogP contribution in [0.2, 0.25) is 0 Å². The summed E-state index contributed by atoms with van der Waals surface area (Å²) in [6.07, 6.45) is 6.31. The van der Waals surface area contributed by atoms with E-state index >= 15 is 0 Å². The van der Waals surface area contributed by atoms with Gasteiger partial charge in [-0.2, -0.15) is 5.10 Å². The van der Waals surface area contributed by atoms with Crippen molar-refractivity contribution in [3.05, 3.63) is 11.8 Å². The minimum Gasteiger partial charge on any atom is -0.267 e. The molecular weight excluding hydrogens is 226 g/mol. The highest BCUT2D eigenvalue weighted by atomic mass is 32.2. The van der Waals surface area contributed by atoms with Crippen LogP contribution in [0.1, 0.15) is 37.7 Å². The lowest BCUT2D eigenvalue weighted by Gasteiger charge is -2.22. The molecule has 1 aliphatic carbocycles. The number of anilines is 1. The molecule has 6 heteroatoms. The third kappa shape index (κ3) is 2.37. The number of aryl methyl sites for hydroxylation is 1. The van der Waals surface area contributed by atoms with Crippen molar-refractivity contribution in [3.63, 3.8) is 0 Å². The van der Waals surface area contributed by atoms with Crippen LogP contribution in [-0.2, 0) is 10.0 Å². The zero-order valence-corrected chi connectivity index (χ0v) is 10.2. The molecule has 1 aromatic rings. The minimum atomic E-state index is -3.25. The smallest absolute Gasteiger partial charge is 0.236 e.